The van der Waals surface area contributed by atoms with Gasteiger partial charge in [0, 0.05) is 32.7 Å². The molecular formula is C26H16BrCl2FN2O2S. The van der Waals surface area contributed by atoms with Crippen molar-refractivity contribution >= 4 is 79.0 Å². The van der Waals surface area contributed by atoms with Crippen LogP contribution < -0.4 is 0 Å². The molecule has 0 atom stereocenters. The van der Waals surface area contributed by atoms with Gasteiger partial charge in [-0.3, -0.25) is 14.5 Å². The maximum atomic E-state index is 14.3. The average molecular weight is 590 g/mol. The van der Waals surface area contributed by atoms with E-state index in [-0.39, 0.29) is 23.5 Å². The van der Waals surface area contributed by atoms with Crippen molar-refractivity contribution in [3.8, 4) is 0 Å². The molecule has 1 saturated heterocycles. The van der Waals surface area contributed by atoms with Gasteiger partial charge in [-0.1, -0.05) is 63.4 Å². The number of aromatic nitrogens is 1. The van der Waals surface area contributed by atoms with E-state index >= 15 is 0 Å². The molecule has 0 N–H and O–H groups in total. The number of nitrogens with zero attached hydrogens (tertiary/aromatic N) is 2. The van der Waals surface area contributed by atoms with Crippen LogP contribution in [0.2, 0.25) is 10.0 Å². The number of amides is 2. The average Bonchev–Trinajstić information content (AvgIpc) is 3.29. The Morgan fingerprint density at radius 2 is 1.77 bits per heavy atom. The summed E-state index contributed by atoms with van der Waals surface area (Å²) in [7, 11) is 0. The molecule has 9 heteroatoms. The van der Waals surface area contributed by atoms with E-state index in [2.05, 4.69) is 15.9 Å². The van der Waals surface area contributed by atoms with Crippen molar-refractivity contribution in [2.75, 3.05) is 0 Å². The van der Waals surface area contributed by atoms with E-state index in [0.29, 0.717) is 32.6 Å². The number of rotatable bonds is 5. The Hall–Kier alpha value is -2.58. The molecule has 4 aromatic rings. The standard InChI is InChI=1S/C26H16BrCl2FN2O2S/c27-18-6-8-23-19(11-18)17(14-31(23)13-16-3-1-2-4-22(16)30)10-24-25(33)32(26(34)35-24)12-15-5-7-20(28)21(29)9-15/h1-11,14H,12-13H2/b24-10-. The summed E-state index contributed by atoms with van der Waals surface area (Å²) in [6, 6.07) is 17.4. The molecule has 1 aliphatic rings. The number of carbonyl (C=O) groups is 2. The second-order valence-electron chi connectivity index (χ2n) is 7.98. The number of hydrogen-bond donors (Lipinski definition) is 0. The van der Waals surface area contributed by atoms with Crippen LogP contribution in [-0.4, -0.2) is 20.6 Å². The Morgan fingerprint density at radius 1 is 0.971 bits per heavy atom. The lowest BCUT2D eigenvalue weighted by atomic mass is 10.1. The Balaban J connectivity index is 1.49. The lowest BCUT2D eigenvalue weighted by molar-refractivity contribution is -0.123. The molecule has 0 spiro atoms. The fourth-order valence-electron chi connectivity index (χ4n) is 3.95. The van der Waals surface area contributed by atoms with E-state index in [9.17, 15) is 14.0 Å². The van der Waals surface area contributed by atoms with E-state index in [0.717, 1.165) is 32.7 Å². The van der Waals surface area contributed by atoms with Gasteiger partial charge in [0.2, 0.25) is 0 Å². The third kappa shape index (κ3) is 4.91. The molecular weight excluding hydrogens is 574 g/mol. The highest BCUT2D eigenvalue weighted by Crippen LogP contribution is 2.36. The quantitative estimate of drug-likeness (QED) is 0.221. The first-order valence-electron chi connectivity index (χ1n) is 10.5. The molecule has 3 aromatic carbocycles. The summed E-state index contributed by atoms with van der Waals surface area (Å²) in [5, 5.41) is 1.29. The van der Waals surface area contributed by atoms with Gasteiger partial charge in [0.05, 0.1) is 28.0 Å². The molecule has 176 valence electrons. The smallest absolute Gasteiger partial charge is 0.293 e. The summed E-state index contributed by atoms with van der Waals surface area (Å²) in [5.41, 5.74) is 2.91. The number of thioether (sulfide) groups is 1. The second kappa shape index (κ2) is 9.82. The van der Waals surface area contributed by atoms with Gasteiger partial charge in [0.1, 0.15) is 5.82 Å². The molecule has 2 amide bonds. The minimum atomic E-state index is -0.379. The van der Waals surface area contributed by atoms with E-state index < -0.39 is 0 Å². The van der Waals surface area contributed by atoms with Crippen molar-refractivity contribution in [3.05, 3.63) is 109 Å². The normalized spacial score (nSPS) is 15.1. The first-order valence-corrected chi connectivity index (χ1v) is 12.9. The van der Waals surface area contributed by atoms with Gasteiger partial charge in [0.15, 0.2) is 0 Å². The molecule has 5 rings (SSSR count). The second-order valence-corrected chi connectivity index (χ2v) is 10.7. The maximum absolute atomic E-state index is 14.3. The lowest BCUT2D eigenvalue weighted by Gasteiger charge is -2.12. The van der Waals surface area contributed by atoms with E-state index in [4.69, 9.17) is 23.2 Å². The highest BCUT2D eigenvalue weighted by atomic mass is 79.9. The molecule has 0 bridgehead atoms. The minimum absolute atomic E-state index is 0.0967. The molecule has 0 radical (unpaired) electrons. The summed E-state index contributed by atoms with van der Waals surface area (Å²) < 4.78 is 17.1. The summed E-state index contributed by atoms with van der Waals surface area (Å²) in [6.07, 6.45) is 3.59. The zero-order chi connectivity index (χ0) is 24.7. The number of fused-ring (bicyclic) bond motifs is 1. The fourth-order valence-corrected chi connectivity index (χ4v) is 5.46. The predicted octanol–water partition coefficient (Wildman–Crippen LogP) is 8.13. The summed E-state index contributed by atoms with van der Waals surface area (Å²) in [4.78, 5) is 27.3. The van der Waals surface area contributed by atoms with Crippen LogP contribution in [0.3, 0.4) is 0 Å². The third-order valence-corrected chi connectivity index (χ3v) is 7.80. The SMILES string of the molecule is O=C1S/C(=C\c2cn(Cc3ccccc3F)c3ccc(Br)cc23)C(=O)N1Cc1ccc(Cl)c(Cl)c1. The third-order valence-electron chi connectivity index (χ3n) is 5.66. The van der Waals surface area contributed by atoms with Crippen molar-refractivity contribution in [1.82, 2.24) is 9.47 Å². The van der Waals surface area contributed by atoms with Crippen molar-refractivity contribution in [2.24, 2.45) is 0 Å². The van der Waals surface area contributed by atoms with Crippen LogP contribution >= 0.6 is 50.9 Å². The maximum Gasteiger partial charge on any atom is 0.293 e. The van der Waals surface area contributed by atoms with Crippen LogP contribution in [0.25, 0.3) is 17.0 Å². The van der Waals surface area contributed by atoms with Crippen molar-refractivity contribution < 1.29 is 14.0 Å². The molecule has 2 heterocycles. The Kier molecular flexibility index (Phi) is 6.77. The van der Waals surface area contributed by atoms with Gasteiger partial charge in [0.25, 0.3) is 11.1 Å². The van der Waals surface area contributed by atoms with Gasteiger partial charge >= 0.3 is 0 Å². The molecule has 1 fully saturated rings. The Labute approximate surface area is 223 Å². The van der Waals surface area contributed by atoms with Crippen LogP contribution in [0.5, 0.6) is 0 Å². The summed E-state index contributed by atoms with van der Waals surface area (Å²) in [5.74, 6) is -0.660. The molecule has 0 unspecified atom stereocenters. The van der Waals surface area contributed by atoms with Crippen LogP contribution in [0, 0.1) is 5.82 Å². The first-order chi connectivity index (χ1) is 16.8. The zero-order valence-corrected chi connectivity index (χ0v) is 21.9. The molecule has 0 aliphatic carbocycles. The van der Waals surface area contributed by atoms with Gasteiger partial charge in [-0.2, -0.15) is 0 Å². The van der Waals surface area contributed by atoms with Crippen LogP contribution in [0.1, 0.15) is 16.7 Å². The number of imide groups is 1. The number of hydrogen-bond acceptors (Lipinski definition) is 3. The minimum Gasteiger partial charge on any atom is -0.342 e. The fraction of sp³-hybridized carbons (Fsp3) is 0.0769. The molecule has 0 saturated carbocycles. The molecule has 35 heavy (non-hydrogen) atoms. The zero-order valence-electron chi connectivity index (χ0n) is 18.0. The lowest BCUT2D eigenvalue weighted by Crippen LogP contribution is -2.27. The summed E-state index contributed by atoms with van der Waals surface area (Å²) >= 11 is 16.4. The highest BCUT2D eigenvalue weighted by molar-refractivity contribution is 9.10. The van der Waals surface area contributed by atoms with Crippen molar-refractivity contribution in [3.63, 3.8) is 0 Å². The largest absolute Gasteiger partial charge is 0.342 e. The first kappa shape index (κ1) is 24.1. The van der Waals surface area contributed by atoms with E-state index in [1.807, 2.05) is 29.0 Å². The van der Waals surface area contributed by atoms with E-state index in [1.165, 1.54) is 11.0 Å². The highest BCUT2D eigenvalue weighted by Gasteiger charge is 2.35. The van der Waals surface area contributed by atoms with Gasteiger partial charge in [-0.15, -0.1) is 0 Å². The number of benzene rings is 3. The molecule has 1 aliphatic heterocycles. The van der Waals surface area contributed by atoms with Crippen LogP contribution in [-0.2, 0) is 17.9 Å². The van der Waals surface area contributed by atoms with Crippen molar-refractivity contribution in [2.45, 2.75) is 13.1 Å². The monoisotopic (exact) mass is 588 g/mol. The summed E-state index contributed by atoms with van der Waals surface area (Å²) in [6.45, 7) is 0.428. The molecule has 4 nitrogen and oxygen atoms in total. The molecule has 1 aromatic heterocycles. The predicted molar refractivity (Wildman–Crippen MR) is 143 cm³/mol. The Morgan fingerprint density at radius 3 is 2.54 bits per heavy atom. The van der Waals surface area contributed by atoms with Gasteiger partial charge < -0.3 is 4.57 Å². The van der Waals surface area contributed by atoms with Gasteiger partial charge in [-0.25, -0.2) is 4.39 Å². The van der Waals surface area contributed by atoms with Crippen LogP contribution in [0.4, 0.5) is 9.18 Å². The topological polar surface area (TPSA) is 42.3 Å². The number of halogens is 4. The van der Waals surface area contributed by atoms with Crippen molar-refractivity contribution in [1.29, 1.82) is 0 Å². The van der Waals surface area contributed by atoms with Gasteiger partial charge in [-0.05, 0) is 59.8 Å². The van der Waals surface area contributed by atoms with Crippen LogP contribution in [0.15, 0.2) is 76.2 Å². The Bertz CT molecular complexity index is 1540. The van der Waals surface area contributed by atoms with E-state index in [1.54, 1.807) is 42.5 Å². The number of carbonyl (C=O) groups excluding carboxylic acids is 2.